The second-order valence-corrected chi connectivity index (χ2v) is 10.8. The lowest BCUT2D eigenvalue weighted by Gasteiger charge is -2.43. The van der Waals surface area contributed by atoms with E-state index in [4.69, 9.17) is 4.98 Å². The summed E-state index contributed by atoms with van der Waals surface area (Å²) in [6.07, 6.45) is 8.72. The zero-order chi connectivity index (χ0) is 22.9. The summed E-state index contributed by atoms with van der Waals surface area (Å²) in [5.74, 6) is 2.48. The Bertz CT molecular complexity index is 1060. The van der Waals surface area contributed by atoms with Gasteiger partial charge in [-0.15, -0.1) is 0 Å². The van der Waals surface area contributed by atoms with Gasteiger partial charge in [-0.25, -0.2) is 4.98 Å². The van der Waals surface area contributed by atoms with Crippen LogP contribution >= 0.6 is 0 Å². The van der Waals surface area contributed by atoms with E-state index in [9.17, 15) is 9.59 Å². The predicted molar refractivity (Wildman–Crippen MR) is 132 cm³/mol. The summed E-state index contributed by atoms with van der Waals surface area (Å²) in [5, 5.41) is 0.628. The summed E-state index contributed by atoms with van der Waals surface area (Å²) in [6, 6.07) is 6.08. The molecule has 2 fully saturated rings. The first-order valence-electron chi connectivity index (χ1n) is 13.1. The van der Waals surface area contributed by atoms with Gasteiger partial charge in [-0.05, 0) is 62.1 Å². The van der Waals surface area contributed by atoms with Gasteiger partial charge in [0.15, 0.2) is 0 Å². The molecule has 33 heavy (non-hydrogen) atoms. The highest BCUT2D eigenvalue weighted by molar-refractivity contribution is 5.97. The summed E-state index contributed by atoms with van der Waals surface area (Å²) >= 11 is 0. The minimum Gasteiger partial charge on any atom is -0.339 e. The standard InChI is InChI=1S/C27H38N4O2/c1-19-15-20(2)18-30(17-19)22-10-13-29(14-11-22)26(32)21-8-9-23-24(16-21)28-25-7-5-3-4-6-12-31(25)27(23)33/h8-9,16,19-20,22H,3-7,10-15,17-18H2,1-2H3/t19-,20-/m0/s1. The Balaban J connectivity index is 1.31. The number of hydrogen-bond acceptors (Lipinski definition) is 4. The summed E-state index contributed by atoms with van der Waals surface area (Å²) < 4.78 is 1.86. The molecular formula is C27H38N4O2. The van der Waals surface area contributed by atoms with E-state index in [0.717, 1.165) is 69.4 Å². The van der Waals surface area contributed by atoms with Crippen molar-refractivity contribution in [1.82, 2.24) is 19.4 Å². The average molecular weight is 451 g/mol. The fraction of sp³-hybridized carbons (Fsp3) is 0.667. The fourth-order valence-corrected chi connectivity index (χ4v) is 6.35. The molecule has 3 aliphatic heterocycles. The number of benzene rings is 1. The van der Waals surface area contributed by atoms with Crippen LogP contribution in [0.1, 0.15) is 75.0 Å². The van der Waals surface area contributed by atoms with Crippen molar-refractivity contribution >= 4 is 16.8 Å². The van der Waals surface area contributed by atoms with Crippen LogP contribution in [0.3, 0.4) is 0 Å². The quantitative estimate of drug-likeness (QED) is 0.691. The summed E-state index contributed by atoms with van der Waals surface area (Å²) in [7, 11) is 0. The zero-order valence-corrected chi connectivity index (χ0v) is 20.3. The molecule has 1 amide bonds. The van der Waals surface area contributed by atoms with E-state index in [1.54, 1.807) is 0 Å². The molecule has 2 saturated heterocycles. The van der Waals surface area contributed by atoms with E-state index >= 15 is 0 Å². The normalized spacial score (nSPS) is 25.5. The van der Waals surface area contributed by atoms with Gasteiger partial charge in [0.25, 0.3) is 11.5 Å². The number of fused-ring (bicyclic) bond motifs is 2. The molecule has 1 aromatic carbocycles. The van der Waals surface area contributed by atoms with Crippen molar-refractivity contribution in [2.45, 2.75) is 77.8 Å². The third kappa shape index (κ3) is 4.72. The third-order valence-electron chi connectivity index (χ3n) is 7.98. The van der Waals surface area contributed by atoms with Gasteiger partial charge < -0.3 is 4.90 Å². The van der Waals surface area contributed by atoms with Gasteiger partial charge in [0, 0.05) is 50.7 Å². The second-order valence-electron chi connectivity index (χ2n) is 10.8. The molecule has 0 unspecified atom stereocenters. The molecule has 1 aromatic heterocycles. The van der Waals surface area contributed by atoms with E-state index in [1.165, 1.54) is 32.4 Å². The number of nitrogens with zero attached hydrogens (tertiary/aromatic N) is 4. The first-order valence-corrected chi connectivity index (χ1v) is 13.1. The molecule has 0 aliphatic carbocycles. The van der Waals surface area contributed by atoms with Crippen molar-refractivity contribution in [3.8, 4) is 0 Å². The van der Waals surface area contributed by atoms with E-state index in [2.05, 4.69) is 18.7 Å². The molecular weight excluding hydrogens is 412 g/mol. The van der Waals surface area contributed by atoms with Gasteiger partial charge in [0.05, 0.1) is 10.9 Å². The maximum atomic E-state index is 13.3. The summed E-state index contributed by atoms with van der Waals surface area (Å²) in [5.41, 5.74) is 1.37. The number of hydrogen-bond donors (Lipinski definition) is 0. The summed E-state index contributed by atoms with van der Waals surface area (Å²) in [6.45, 7) is 9.48. The molecule has 4 heterocycles. The van der Waals surface area contributed by atoms with Crippen LogP contribution in [0.15, 0.2) is 23.0 Å². The van der Waals surface area contributed by atoms with E-state index in [-0.39, 0.29) is 11.5 Å². The van der Waals surface area contributed by atoms with Gasteiger partial charge in [0.1, 0.15) is 5.82 Å². The number of aromatic nitrogens is 2. The molecule has 3 aliphatic rings. The number of rotatable bonds is 2. The van der Waals surface area contributed by atoms with Gasteiger partial charge in [0.2, 0.25) is 0 Å². The van der Waals surface area contributed by atoms with Crippen LogP contribution in [0.25, 0.3) is 10.9 Å². The Labute approximate surface area is 197 Å². The topological polar surface area (TPSA) is 58.4 Å². The van der Waals surface area contributed by atoms with Crippen LogP contribution in [0.5, 0.6) is 0 Å². The average Bonchev–Trinajstić information content (AvgIpc) is 2.79. The minimum atomic E-state index is 0.0432. The number of likely N-dealkylation sites (tertiary alicyclic amines) is 2. The predicted octanol–water partition coefficient (Wildman–Crippen LogP) is 4.10. The maximum absolute atomic E-state index is 13.3. The van der Waals surface area contributed by atoms with Crippen LogP contribution in [-0.2, 0) is 13.0 Å². The molecule has 0 spiro atoms. The van der Waals surface area contributed by atoms with Gasteiger partial charge in [-0.2, -0.15) is 0 Å². The van der Waals surface area contributed by atoms with Crippen LogP contribution in [0.2, 0.25) is 0 Å². The third-order valence-corrected chi connectivity index (χ3v) is 7.98. The van der Waals surface area contributed by atoms with Crippen molar-refractivity contribution in [1.29, 1.82) is 0 Å². The van der Waals surface area contributed by atoms with Crippen molar-refractivity contribution < 1.29 is 4.79 Å². The highest BCUT2D eigenvalue weighted by Crippen LogP contribution is 2.27. The Kier molecular flexibility index (Phi) is 6.55. The lowest BCUT2D eigenvalue weighted by atomic mass is 9.89. The van der Waals surface area contributed by atoms with E-state index < -0.39 is 0 Å². The molecule has 0 N–H and O–H groups in total. The van der Waals surface area contributed by atoms with Crippen molar-refractivity contribution in [2.24, 2.45) is 11.8 Å². The second kappa shape index (κ2) is 9.57. The molecule has 2 aromatic rings. The smallest absolute Gasteiger partial charge is 0.261 e. The van der Waals surface area contributed by atoms with Gasteiger partial charge in [-0.3, -0.25) is 19.1 Å². The number of aryl methyl sites for hydroxylation is 1. The minimum absolute atomic E-state index is 0.0432. The molecule has 0 radical (unpaired) electrons. The number of amides is 1. The van der Waals surface area contributed by atoms with Crippen LogP contribution in [-0.4, -0.2) is 57.5 Å². The number of carbonyl (C=O) groups excluding carboxylic acids is 1. The number of carbonyl (C=O) groups is 1. The zero-order valence-electron chi connectivity index (χ0n) is 20.3. The number of piperidine rings is 2. The molecule has 0 bridgehead atoms. The molecule has 178 valence electrons. The fourth-order valence-electron chi connectivity index (χ4n) is 6.35. The molecule has 5 rings (SSSR count). The lowest BCUT2D eigenvalue weighted by Crippen LogP contribution is -2.50. The van der Waals surface area contributed by atoms with E-state index in [0.29, 0.717) is 22.5 Å². The summed E-state index contributed by atoms with van der Waals surface area (Å²) in [4.78, 5) is 35.9. The Hall–Kier alpha value is -2.21. The van der Waals surface area contributed by atoms with Crippen molar-refractivity contribution in [2.75, 3.05) is 26.2 Å². The van der Waals surface area contributed by atoms with Crippen molar-refractivity contribution in [3.05, 3.63) is 39.9 Å². The lowest BCUT2D eigenvalue weighted by molar-refractivity contribution is 0.0450. The molecule has 0 saturated carbocycles. The van der Waals surface area contributed by atoms with Crippen LogP contribution < -0.4 is 5.56 Å². The molecule has 6 nitrogen and oxygen atoms in total. The van der Waals surface area contributed by atoms with E-state index in [1.807, 2.05) is 27.7 Å². The Morgan fingerprint density at radius 2 is 1.70 bits per heavy atom. The van der Waals surface area contributed by atoms with Gasteiger partial charge in [-0.1, -0.05) is 26.7 Å². The monoisotopic (exact) mass is 450 g/mol. The Morgan fingerprint density at radius 1 is 0.970 bits per heavy atom. The van der Waals surface area contributed by atoms with Crippen LogP contribution in [0.4, 0.5) is 0 Å². The highest BCUT2D eigenvalue weighted by atomic mass is 16.2. The highest BCUT2D eigenvalue weighted by Gasteiger charge is 2.31. The van der Waals surface area contributed by atoms with Crippen LogP contribution in [0, 0.1) is 11.8 Å². The van der Waals surface area contributed by atoms with Gasteiger partial charge >= 0.3 is 0 Å². The molecule has 6 heteroatoms. The van der Waals surface area contributed by atoms with Crippen molar-refractivity contribution in [3.63, 3.8) is 0 Å². The first-order chi connectivity index (χ1) is 16.0. The SMILES string of the molecule is C[C@H]1C[C@H](C)CN(C2CCN(C(=O)c3ccc4c(=O)n5c(nc4c3)CCCCCC5)CC2)C1. The largest absolute Gasteiger partial charge is 0.339 e. The molecule has 2 atom stereocenters. The Morgan fingerprint density at radius 3 is 2.45 bits per heavy atom. The maximum Gasteiger partial charge on any atom is 0.261 e. The first kappa shape index (κ1) is 22.6.